The first kappa shape index (κ1) is 22.1. The highest BCUT2D eigenvalue weighted by Gasteiger charge is 2.24. The monoisotopic (exact) mass is 457 g/mol. The van der Waals surface area contributed by atoms with E-state index in [4.69, 9.17) is 16.3 Å². The summed E-state index contributed by atoms with van der Waals surface area (Å²) in [4.78, 5) is 37.3. The van der Waals surface area contributed by atoms with Crippen molar-refractivity contribution < 1.29 is 14.6 Å². The van der Waals surface area contributed by atoms with E-state index in [9.17, 15) is 14.7 Å². The minimum atomic E-state index is -0.836. The summed E-state index contributed by atoms with van der Waals surface area (Å²) in [6.45, 7) is 3.87. The lowest BCUT2D eigenvalue weighted by molar-refractivity contribution is 0.0299. The van der Waals surface area contributed by atoms with Crippen LogP contribution in [-0.2, 0) is 4.74 Å². The zero-order valence-corrected chi connectivity index (χ0v) is 18.3. The minimum Gasteiger partial charge on any atom is -0.387 e. The molecule has 0 saturated carbocycles. The maximum Gasteiger partial charge on any atom is 0.272 e. The Morgan fingerprint density at radius 1 is 1.34 bits per heavy atom. The van der Waals surface area contributed by atoms with Crippen LogP contribution in [0.5, 0.6) is 0 Å². The molecule has 4 rings (SSSR count). The third-order valence-corrected chi connectivity index (χ3v) is 5.55. The van der Waals surface area contributed by atoms with Gasteiger partial charge in [0.25, 0.3) is 11.5 Å². The maximum absolute atomic E-state index is 12.9. The average molecular weight is 458 g/mol. The molecule has 1 aliphatic heterocycles. The summed E-state index contributed by atoms with van der Waals surface area (Å²) in [5.74, 6) is 0.100. The van der Waals surface area contributed by atoms with Crippen molar-refractivity contribution in [2.24, 2.45) is 0 Å². The molecule has 1 amide bonds. The molecule has 168 valence electrons. The molecule has 0 spiro atoms. The molecule has 1 aromatic carbocycles. The highest BCUT2D eigenvalue weighted by Crippen LogP contribution is 2.25. The van der Waals surface area contributed by atoms with Crippen molar-refractivity contribution in [3.05, 3.63) is 68.9 Å². The summed E-state index contributed by atoms with van der Waals surface area (Å²) < 4.78 is 5.31. The average Bonchev–Trinajstić information content (AvgIpc) is 3.18. The van der Waals surface area contributed by atoms with Gasteiger partial charge < -0.3 is 30.0 Å². The van der Waals surface area contributed by atoms with E-state index >= 15 is 0 Å². The summed E-state index contributed by atoms with van der Waals surface area (Å²) in [7, 11) is 0. The molecule has 0 bridgehead atoms. The number of anilines is 1. The molecule has 1 aliphatic rings. The number of benzene rings is 1. The number of nitrogens with zero attached hydrogens (tertiary/aromatic N) is 2. The van der Waals surface area contributed by atoms with Crippen LogP contribution in [0.25, 0.3) is 11.4 Å². The largest absolute Gasteiger partial charge is 0.387 e. The van der Waals surface area contributed by atoms with E-state index in [1.54, 1.807) is 42.2 Å². The number of carbonyl (C=O) groups excluding carboxylic acids is 1. The number of hydrogen-bond donors (Lipinski definition) is 4. The number of H-pyrrole nitrogens is 2. The zero-order valence-electron chi connectivity index (χ0n) is 17.5. The molecule has 1 atom stereocenters. The lowest BCUT2D eigenvalue weighted by Gasteiger charge is -2.26. The van der Waals surface area contributed by atoms with E-state index in [0.717, 1.165) is 0 Å². The van der Waals surface area contributed by atoms with Gasteiger partial charge in [-0.1, -0.05) is 23.7 Å². The van der Waals surface area contributed by atoms with E-state index < -0.39 is 6.10 Å². The van der Waals surface area contributed by atoms with Crippen molar-refractivity contribution in [1.29, 1.82) is 0 Å². The van der Waals surface area contributed by atoms with Gasteiger partial charge in [-0.05, 0) is 30.7 Å². The Labute approximate surface area is 189 Å². The maximum atomic E-state index is 12.9. The van der Waals surface area contributed by atoms with E-state index in [0.29, 0.717) is 54.0 Å². The van der Waals surface area contributed by atoms with Crippen molar-refractivity contribution in [1.82, 2.24) is 19.9 Å². The smallest absolute Gasteiger partial charge is 0.272 e. The summed E-state index contributed by atoms with van der Waals surface area (Å²) in [6, 6.07) is 8.64. The number of carbonyl (C=O) groups is 1. The number of aryl methyl sites for hydroxylation is 1. The number of aliphatic hydroxyl groups is 1. The lowest BCUT2D eigenvalue weighted by atomic mass is 10.1. The number of halogens is 1. The van der Waals surface area contributed by atoms with Crippen LogP contribution in [0, 0.1) is 6.92 Å². The van der Waals surface area contributed by atoms with E-state index in [1.165, 1.54) is 6.20 Å². The van der Waals surface area contributed by atoms with Crippen LogP contribution in [0.2, 0.25) is 5.02 Å². The third kappa shape index (κ3) is 4.69. The fourth-order valence-corrected chi connectivity index (χ4v) is 3.81. The first-order valence-electron chi connectivity index (χ1n) is 10.3. The first-order chi connectivity index (χ1) is 15.4. The Kier molecular flexibility index (Phi) is 6.59. The summed E-state index contributed by atoms with van der Waals surface area (Å²) in [5, 5.41) is 14.1. The fourth-order valence-electron chi connectivity index (χ4n) is 3.61. The second-order valence-electron chi connectivity index (χ2n) is 7.50. The van der Waals surface area contributed by atoms with E-state index in [1.807, 2.05) is 0 Å². The van der Waals surface area contributed by atoms with Gasteiger partial charge in [-0.15, -0.1) is 0 Å². The predicted octanol–water partition coefficient (Wildman–Crippen LogP) is 2.34. The number of aromatic nitrogens is 3. The molecule has 2 aromatic heterocycles. The molecule has 10 heteroatoms. The van der Waals surface area contributed by atoms with Gasteiger partial charge in [0.2, 0.25) is 0 Å². The molecule has 3 aromatic rings. The number of imidazole rings is 1. The van der Waals surface area contributed by atoms with Crippen molar-refractivity contribution in [2.75, 3.05) is 38.2 Å². The molecular weight excluding hydrogens is 434 g/mol. The van der Waals surface area contributed by atoms with Crippen molar-refractivity contribution in [3.63, 3.8) is 0 Å². The van der Waals surface area contributed by atoms with Crippen LogP contribution < -0.4 is 10.9 Å². The van der Waals surface area contributed by atoms with Crippen LogP contribution in [-0.4, -0.2) is 63.7 Å². The Morgan fingerprint density at radius 2 is 2.12 bits per heavy atom. The Hall–Kier alpha value is -3.14. The Bertz CT molecular complexity index is 1170. The second-order valence-corrected chi connectivity index (χ2v) is 7.93. The van der Waals surface area contributed by atoms with Crippen LogP contribution in [0.4, 0.5) is 5.69 Å². The van der Waals surface area contributed by atoms with Crippen LogP contribution >= 0.6 is 11.6 Å². The van der Waals surface area contributed by atoms with Crippen LogP contribution in [0.15, 0.2) is 41.3 Å². The number of aliphatic hydroxyl groups excluding tert-OH is 1. The topological polar surface area (TPSA) is 123 Å². The van der Waals surface area contributed by atoms with Crippen molar-refractivity contribution >= 4 is 23.2 Å². The molecular formula is C22H24ClN5O4. The Balaban J connectivity index is 1.58. The molecule has 1 saturated heterocycles. The van der Waals surface area contributed by atoms with Gasteiger partial charge in [0.1, 0.15) is 17.1 Å². The number of nitrogens with one attached hydrogen (secondary N) is 3. The molecule has 4 N–H and O–H groups in total. The van der Waals surface area contributed by atoms with Gasteiger partial charge in [0.05, 0.1) is 30.7 Å². The number of morpholine rings is 1. The molecule has 1 unspecified atom stereocenters. The molecule has 3 heterocycles. The molecule has 0 radical (unpaired) electrons. The number of amides is 1. The quantitative estimate of drug-likeness (QED) is 0.450. The number of pyridine rings is 1. The van der Waals surface area contributed by atoms with Gasteiger partial charge in [-0.25, -0.2) is 4.98 Å². The number of aromatic amines is 2. The molecule has 9 nitrogen and oxygen atoms in total. The normalized spacial score (nSPS) is 14.9. The van der Waals surface area contributed by atoms with Gasteiger partial charge >= 0.3 is 0 Å². The summed E-state index contributed by atoms with van der Waals surface area (Å²) >= 11 is 6.00. The van der Waals surface area contributed by atoms with Crippen molar-refractivity contribution in [2.45, 2.75) is 13.0 Å². The molecule has 32 heavy (non-hydrogen) atoms. The minimum absolute atomic E-state index is 0.149. The van der Waals surface area contributed by atoms with Gasteiger partial charge in [0, 0.05) is 30.9 Å². The third-order valence-electron chi connectivity index (χ3n) is 5.31. The predicted molar refractivity (Wildman–Crippen MR) is 121 cm³/mol. The van der Waals surface area contributed by atoms with Crippen LogP contribution in [0.3, 0.4) is 0 Å². The fraction of sp³-hybridized carbons (Fsp3) is 0.318. The van der Waals surface area contributed by atoms with Gasteiger partial charge in [-0.3, -0.25) is 9.59 Å². The lowest BCUT2D eigenvalue weighted by Crippen LogP contribution is -2.41. The molecule has 0 aliphatic carbocycles. The zero-order chi connectivity index (χ0) is 22.7. The Morgan fingerprint density at radius 3 is 2.88 bits per heavy atom. The van der Waals surface area contributed by atoms with Gasteiger partial charge in [0.15, 0.2) is 0 Å². The van der Waals surface area contributed by atoms with Gasteiger partial charge in [-0.2, -0.15) is 0 Å². The van der Waals surface area contributed by atoms with Crippen molar-refractivity contribution in [3.8, 4) is 11.4 Å². The standard InChI is InChI=1S/C22H24ClN5O4/c1-13-19(22(31)28-7-9-32-10-8-28)27-20(26-13)18-16(5-6-24-21(18)30)25-12-17(29)14-3-2-4-15(23)11-14/h2-6,11,17,29H,7-10,12H2,1H3,(H,26,27)(H2,24,25,30). The highest BCUT2D eigenvalue weighted by molar-refractivity contribution is 6.30. The second kappa shape index (κ2) is 9.56. The highest BCUT2D eigenvalue weighted by atomic mass is 35.5. The molecule has 1 fully saturated rings. The SMILES string of the molecule is Cc1nc(-c2c(NCC(O)c3cccc(Cl)c3)cc[nH]c2=O)[nH]c1C(=O)N1CCOCC1. The number of rotatable bonds is 6. The van der Waals surface area contributed by atoms with E-state index in [-0.39, 0.29) is 29.4 Å². The number of hydrogen-bond acceptors (Lipinski definition) is 6. The summed E-state index contributed by atoms with van der Waals surface area (Å²) in [5.41, 5.74) is 1.87. The summed E-state index contributed by atoms with van der Waals surface area (Å²) in [6.07, 6.45) is 0.674. The number of ether oxygens (including phenoxy) is 1. The van der Waals surface area contributed by atoms with Crippen LogP contribution in [0.1, 0.15) is 27.8 Å². The first-order valence-corrected chi connectivity index (χ1v) is 10.6. The van der Waals surface area contributed by atoms with E-state index in [2.05, 4.69) is 20.3 Å².